The van der Waals surface area contributed by atoms with Gasteiger partial charge in [-0.1, -0.05) is 65.2 Å². The first-order valence-corrected chi connectivity index (χ1v) is 10.4. The van der Waals surface area contributed by atoms with Gasteiger partial charge in [-0.3, -0.25) is 4.90 Å². The van der Waals surface area contributed by atoms with Crippen LogP contribution in [0.4, 0.5) is 0 Å². The molecule has 2 aromatic carbocycles. The van der Waals surface area contributed by atoms with Crippen LogP contribution in [0.3, 0.4) is 0 Å². The van der Waals surface area contributed by atoms with E-state index in [1.54, 1.807) is 0 Å². The number of benzene rings is 2. The van der Waals surface area contributed by atoms with Gasteiger partial charge in [-0.15, -0.1) is 12.4 Å². The number of aromatic nitrogens is 1. The highest BCUT2D eigenvalue weighted by molar-refractivity contribution is 6.39. The zero-order valence-electron chi connectivity index (χ0n) is 16.6. The second-order valence-electron chi connectivity index (χ2n) is 7.40. The Balaban J connectivity index is 0.00000256. The lowest BCUT2D eigenvalue weighted by Gasteiger charge is -2.25. The molecule has 3 aromatic rings. The summed E-state index contributed by atoms with van der Waals surface area (Å²) >= 11 is 12.2. The number of rotatable bonds is 4. The Bertz CT molecular complexity index is 1110. The maximum atomic E-state index is 10.2. The molecule has 0 saturated heterocycles. The van der Waals surface area contributed by atoms with Crippen molar-refractivity contribution in [1.82, 2.24) is 9.88 Å². The van der Waals surface area contributed by atoms with Crippen LogP contribution in [0.2, 0.25) is 10.0 Å². The van der Waals surface area contributed by atoms with Gasteiger partial charge in [0.15, 0.2) is 5.75 Å². The number of aromatic hydroxyl groups is 1. The van der Waals surface area contributed by atoms with Gasteiger partial charge in [0, 0.05) is 25.0 Å². The zero-order chi connectivity index (χ0) is 20.4. The standard InChI is InChI=1S/C24H22Cl2N2O.ClH/c1-16-2-4-18(5-3-16)15-28-12-10-17(11-13-28)6-7-19-8-9-20-21(25)14-22(26)24(29)23(20)27-19;/h2-10,14,29H,11-13,15H2,1H3;1H/b7-6+;. The molecule has 4 rings (SSSR count). The van der Waals surface area contributed by atoms with Gasteiger partial charge in [0.2, 0.25) is 0 Å². The van der Waals surface area contributed by atoms with E-state index in [2.05, 4.69) is 53.2 Å². The summed E-state index contributed by atoms with van der Waals surface area (Å²) in [7, 11) is 0. The summed E-state index contributed by atoms with van der Waals surface area (Å²) in [6.07, 6.45) is 7.33. The van der Waals surface area contributed by atoms with Gasteiger partial charge >= 0.3 is 0 Å². The van der Waals surface area contributed by atoms with Gasteiger partial charge in [0.1, 0.15) is 5.52 Å². The van der Waals surface area contributed by atoms with E-state index in [1.165, 1.54) is 22.8 Å². The molecule has 0 aliphatic carbocycles. The fourth-order valence-electron chi connectivity index (χ4n) is 3.48. The summed E-state index contributed by atoms with van der Waals surface area (Å²) < 4.78 is 0. The lowest BCUT2D eigenvalue weighted by atomic mass is 10.1. The van der Waals surface area contributed by atoms with Gasteiger partial charge < -0.3 is 5.11 Å². The van der Waals surface area contributed by atoms with E-state index in [0.29, 0.717) is 15.9 Å². The SMILES string of the molecule is Cc1ccc(CN2CC=C(/C=C/c3ccc4c(Cl)cc(Cl)c(O)c4n3)CC2)cc1.Cl. The average Bonchev–Trinajstić information content (AvgIpc) is 2.73. The summed E-state index contributed by atoms with van der Waals surface area (Å²) in [6, 6.07) is 14.0. The van der Waals surface area contributed by atoms with Crippen LogP contribution in [-0.2, 0) is 6.54 Å². The average molecular weight is 462 g/mol. The highest BCUT2D eigenvalue weighted by Crippen LogP contribution is 2.36. The fourth-order valence-corrected chi connectivity index (χ4v) is 3.99. The van der Waals surface area contributed by atoms with Crippen molar-refractivity contribution in [1.29, 1.82) is 0 Å². The Labute approximate surface area is 193 Å². The van der Waals surface area contributed by atoms with Crippen molar-refractivity contribution < 1.29 is 5.11 Å². The molecule has 1 N–H and O–H groups in total. The molecular formula is C24H23Cl3N2O. The number of phenolic OH excluding ortho intramolecular Hbond substituents is 1. The van der Waals surface area contributed by atoms with Gasteiger partial charge in [-0.25, -0.2) is 4.98 Å². The normalized spacial score (nSPS) is 14.7. The molecular weight excluding hydrogens is 439 g/mol. The van der Waals surface area contributed by atoms with Crippen LogP contribution < -0.4 is 0 Å². The number of phenols is 1. The van der Waals surface area contributed by atoms with Crippen molar-refractivity contribution in [3.8, 4) is 5.75 Å². The van der Waals surface area contributed by atoms with Crippen molar-refractivity contribution in [2.45, 2.75) is 19.9 Å². The van der Waals surface area contributed by atoms with Crippen LogP contribution in [0.1, 0.15) is 23.2 Å². The maximum absolute atomic E-state index is 10.2. The van der Waals surface area contributed by atoms with E-state index in [1.807, 2.05) is 18.2 Å². The first kappa shape index (κ1) is 22.6. The van der Waals surface area contributed by atoms with Gasteiger partial charge in [0.25, 0.3) is 0 Å². The number of aryl methyl sites for hydroxylation is 1. The number of nitrogens with zero attached hydrogens (tertiary/aromatic N) is 2. The monoisotopic (exact) mass is 460 g/mol. The Morgan fingerprint density at radius 3 is 2.53 bits per heavy atom. The van der Waals surface area contributed by atoms with E-state index in [0.717, 1.165) is 31.7 Å². The number of halogens is 3. The highest BCUT2D eigenvalue weighted by Gasteiger charge is 2.12. The largest absolute Gasteiger partial charge is 0.504 e. The third-order valence-corrected chi connectivity index (χ3v) is 5.80. The molecule has 0 fully saturated rings. The summed E-state index contributed by atoms with van der Waals surface area (Å²) in [5.74, 6) is -0.0371. The smallest absolute Gasteiger partial charge is 0.160 e. The lowest BCUT2D eigenvalue weighted by Crippen LogP contribution is -2.28. The van der Waals surface area contributed by atoms with E-state index < -0.39 is 0 Å². The Hall–Kier alpha value is -2.04. The van der Waals surface area contributed by atoms with E-state index in [9.17, 15) is 5.11 Å². The summed E-state index contributed by atoms with van der Waals surface area (Å²) in [4.78, 5) is 6.96. The molecule has 0 saturated carbocycles. The highest BCUT2D eigenvalue weighted by atomic mass is 35.5. The van der Waals surface area contributed by atoms with E-state index >= 15 is 0 Å². The molecule has 0 unspecified atom stereocenters. The molecule has 0 amide bonds. The number of hydrogen-bond donors (Lipinski definition) is 1. The van der Waals surface area contributed by atoms with Gasteiger partial charge in [-0.05, 0) is 48.8 Å². The quantitative estimate of drug-likeness (QED) is 0.463. The van der Waals surface area contributed by atoms with E-state index in [-0.39, 0.29) is 23.2 Å². The van der Waals surface area contributed by atoms with Crippen molar-refractivity contribution in [3.05, 3.63) is 87.1 Å². The Kier molecular flexibility index (Phi) is 7.43. The summed E-state index contributed by atoms with van der Waals surface area (Å²) in [6.45, 7) is 5.05. The minimum absolute atomic E-state index is 0. The molecule has 0 radical (unpaired) electrons. The van der Waals surface area contributed by atoms with Crippen LogP contribution in [0.5, 0.6) is 5.75 Å². The van der Waals surface area contributed by atoms with Crippen molar-refractivity contribution in [2.75, 3.05) is 13.1 Å². The molecule has 1 aliphatic rings. The molecule has 1 aliphatic heterocycles. The van der Waals surface area contributed by atoms with Crippen molar-refractivity contribution in [3.63, 3.8) is 0 Å². The van der Waals surface area contributed by atoms with Crippen LogP contribution in [0.15, 0.2) is 60.2 Å². The second kappa shape index (κ2) is 9.84. The predicted molar refractivity (Wildman–Crippen MR) is 129 cm³/mol. The second-order valence-corrected chi connectivity index (χ2v) is 8.22. The molecule has 0 spiro atoms. The number of allylic oxidation sites excluding steroid dienone is 1. The molecule has 2 heterocycles. The van der Waals surface area contributed by atoms with Crippen LogP contribution >= 0.6 is 35.6 Å². The molecule has 0 atom stereocenters. The Morgan fingerprint density at radius 2 is 1.83 bits per heavy atom. The molecule has 156 valence electrons. The minimum atomic E-state index is -0.0371. The summed E-state index contributed by atoms with van der Waals surface area (Å²) in [5.41, 5.74) is 5.11. The van der Waals surface area contributed by atoms with Gasteiger partial charge in [0.05, 0.1) is 15.7 Å². The fraction of sp³-hybridized carbons (Fsp3) is 0.208. The molecule has 1 aromatic heterocycles. The summed E-state index contributed by atoms with van der Waals surface area (Å²) in [5, 5.41) is 11.6. The minimum Gasteiger partial charge on any atom is -0.504 e. The number of pyridine rings is 1. The third-order valence-electron chi connectivity index (χ3n) is 5.20. The first-order valence-electron chi connectivity index (χ1n) is 9.62. The molecule has 6 heteroatoms. The zero-order valence-corrected chi connectivity index (χ0v) is 18.9. The predicted octanol–water partition coefficient (Wildman–Crippen LogP) is 6.82. The van der Waals surface area contributed by atoms with Crippen LogP contribution in [0.25, 0.3) is 17.0 Å². The third kappa shape index (κ3) is 5.16. The van der Waals surface area contributed by atoms with Crippen molar-refractivity contribution >= 4 is 52.6 Å². The van der Waals surface area contributed by atoms with Crippen molar-refractivity contribution in [2.24, 2.45) is 0 Å². The van der Waals surface area contributed by atoms with Crippen LogP contribution in [-0.4, -0.2) is 28.1 Å². The number of fused-ring (bicyclic) bond motifs is 1. The topological polar surface area (TPSA) is 36.4 Å². The molecule has 30 heavy (non-hydrogen) atoms. The lowest BCUT2D eigenvalue weighted by molar-refractivity contribution is 0.287. The number of hydrogen-bond acceptors (Lipinski definition) is 3. The maximum Gasteiger partial charge on any atom is 0.160 e. The molecule has 3 nitrogen and oxygen atoms in total. The van der Waals surface area contributed by atoms with E-state index in [4.69, 9.17) is 23.2 Å². The van der Waals surface area contributed by atoms with Gasteiger partial charge in [-0.2, -0.15) is 0 Å². The first-order chi connectivity index (χ1) is 14.0. The Morgan fingerprint density at radius 1 is 1.07 bits per heavy atom. The van der Waals surface area contributed by atoms with Crippen LogP contribution in [0, 0.1) is 6.92 Å². The molecule has 0 bridgehead atoms.